The van der Waals surface area contributed by atoms with Crippen LogP contribution in [0.3, 0.4) is 0 Å². The first-order valence-electron chi connectivity index (χ1n) is 3.15. The fourth-order valence-electron chi connectivity index (χ4n) is 0.990. The molecule has 5 heteroatoms. The van der Waals surface area contributed by atoms with Crippen molar-refractivity contribution in [1.29, 1.82) is 0 Å². The zero-order chi connectivity index (χ0) is 7.84. The SMILES string of the molecule is Cc1nc(O)cc2[nH]nnc12. The van der Waals surface area contributed by atoms with Gasteiger partial charge in [0.15, 0.2) is 0 Å². The Labute approximate surface area is 62.1 Å². The third-order valence-corrected chi connectivity index (χ3v) is 1.47. The zero-order valence-electron chi connectivity index (χ0n) is 5.87. The van der Waals surface area contributed by atoms with E-state index in [0.29, 0.717) is 16.7 Å². The van der Waals surface area contributed by atoms with E-state index in [2.05, 4.69) is 20.4 Å². The Kier molecular flexibility index (Phi) is 1.06. The number of nitrogens with one attached hydrogen (secondary N) is 1. The van der Waals surface area contributed by atoms with Crippen molar-refractivity contribution in [2.45, 2.75) is 6.92 Å². The highest BCUT2D eigenvalue weighted by atomic mass is 16.3. The lowest BCUT2D eigenvalue weighted by Gasteiger charge is -1.92. The predicted octanol–water partition coefficient (Wildman–Crippen LogP) is 0.367. The second-order valence-corrected chi connectivity index (χ2v) is 2.27. The maximum absolute atomic E-state index is 9.04. The molecule has 0 saturated heterocycles. The molecule has 2 aromatic heterocycles. The molecule has 0 unspecified atom stereocenters. The second kappa shape index (κ2) is 1.91. The van der Waals surface area contributed by atoms with E-state index in [-0.39, 0.29) is 5.88 Å². The molecular formula is C6H6N4O. The maximum atomic E-state index is 9.04. The minimum Gasteiger partial charge on any atom is -0.493 e. The molecule has 2 N–H and O–H groups in total. The zero-order valence-corrected chi connectivity index (χ0v) is 5.87. The van der Waals surface area contributed by atoms with Gasteiger partial charge in [0.25, 0.3) is 0 Å². The van der Waals surface area contributed by atoms with Crippen LogP contribution in [0.15, 0.2) is 6.07 Å². The van der Waals surface area contributed by atoms with Crippen LogP contribution in [0.1, 0.15) is 5.69 Å². The van der Waals surface area contributed by atoms with Crippen molar-refractivity contribution in [2.24, 2.45) is 0 Å². The van der Waals surface area contributed by atoms with Crippen molar-refractivity contribution >= 4 is 11.0 Å². The quantitative estimate of drug-likeness (QED) is 0.568. The van der Waals surface area contributed by atoms with Gasteiger partial charge in [0.05, 0.1) is 11.2 Å². The van der Waals surface area contributed by atoms with Crippen molar-refractivity contribution in [3.8, 4) is 5.88 Å². The van der Waals surface area contributed by atoms with Gasteiger partial charge in [-0.2, -0.15) is 0 Å². The topological polar surface area (TPSA) is 74.7 Å². The van der Waals surface area contributed by atoms with Crippen LogP contribution in [-0.4, -0.2) is 25.5 Å². The molecule has 0 bridgehead atoms. The fraction of sp³-hybridized carbons (Fsp3) is 0.167. The van der Waals surface area contributed by atoms with Crippen molar-refractivity contribution < 1.29 is 5.11 Å². The van der Waals surface area contributed by atoms with Crippen molar-refractivity contribution in [2.75, 3.05) is 0 Å². The summed E-state index contributed by atoms with van der Waals surface area (Å²) in [6.45, 7) is 1.77. The summed E-state index contributed by atoms with van der Waals surface area (Å²) in [4.78, 5) is 3.81. The van der Waals surface area contributed by atoms with Gasteiger partial charge in [0, 0.05) is 6.07 Å². The molecule has 2 aromatic rings. The molecule has 0 amide bonds. The Hall–Kier alpha value is -1.65. The van der Waals surface area contributed by atoms with Gasteiger partial charge in [-0.3, -0.25) is 5.10 Å². The highest BCUT2D eigenvalue weighted by Gasteiger charge is 2.03. The van der Waals surface area contributed by atoms with Crippen LogP contribution in [0.2, 0.25) is 0 Å². The molecule has 2 heterocycles. The third kappa shape index (κ3) is 0.813. The number of aromatic nitrogens is 4. The van der Waals surface area contributed by atoms with Crippen LogP contribution >= 0.6 is 0 Å². The van der Waals surface area contributed by atoms with Gasteiger partial charge in [-0.05, 0) is 6.92 Å². The Morgan fingerprint density at radius 1 is 1.55 bits per heavy atom. The molecule has 0 fully saturated rings. The second-order valence-electron chi connectivity index (χ2n) is 2.27. The number of aryl methyl sites for hydroxylation is 1. The summed E-state index contributed by atoms with van der Waals surface area (Å²) >= 11 is 0. The number of nitrogens with zero attached hydrogens (tertiary/aromatic N) is 3. The molecule has 0 atom stereocenters. The predicted molar refractivity (Wildman–Crippen MR) is 38.1 cm³/mol. The molecule has 0 aliphatic rings. The summed E-state index contributed by atoms with van der Waals surface area (Å²) in [7, 11) is 0. The van der Waals surface area contributed by atoms with Gasteiger partial charge < -0.3 is 5.11 Å². The number of pyridine rings is 1. The maximum Gasteiger partial charge on any atom is 0.213 e. The minimum atomic E-state index is -0.0129. The fourth-order valence-corrected chi connectivity index (χ4v) is 0.990. The van der Waals surface area contributed by atoms with E-state index in [9.17, 15) is 0 Å². The number of aromatic hydroxyl groups is 1. The summed E-state index contributed by atoms with van der Waals surface area (Å²) < 4.78 is 0. The van der Waals surface area contributed by atoms with Crippen LogP contribution in [0.4, 0.5) is 0 Å². The molecule has 56 valence electrons. The smallest absolute Gasteiger partial charge is 0.213 e. The normalized spacial score (nSPS) is 10.6. The first-order chi connectivity index (χ1) is 5.27. The molecule has 0 radical (unpaired) electrons. The molecule has 0 aliphatic heterocycles. The molecule has 0 saturated carbocycles. The highest BCUT2D eigenvalue weighted by molar-refractivity contribution is 5.76. The summed E-state index contributed by atoms with van der Waals surface area (Å²) in [5, 5.41) is 19.0. The van der Waals surface area contributed by atoms with E-state index >= 15 is 0 Å². The number of hydrogen-bond acceptors (Lipinski definition) is 4. The minimum absolute atomic E-state index is 0.0129. The average Bonchev–Trinajstić information content (AvgIpc) is 2.34. The third-order valence-electron chi connectivity index (χ3n) is 1.47. The molecule has 11 heavy (non-hydrogen) atoms. The largest absolute Gasteiger partial charge is 0.493 e. The van der Waals surface area contributed by atoms with Crippen molar-refractivity contribution in [3.63, 3.8) is 0 Å². The Bertz CT molecular complexity index is 394. The van der Waals surface area contributed by atoms with Gasteiger partial charge >= 0.3 is 0 Å². The molecule has 0 aliphatic carbocycles. The van der Waals surface area contributed by atoms with Gasteiger partial charge in [0.1, 0.15) is 5.52 Å². The number of rotatable bonds is 0. The summed E-state index contributed by atoms with van der Waals surface area (Å²) in [5.41, 5.74) is 2.08. The van der Waals surface area contributed by atoms with Gasteiger partial charge in [-0.15, -0.1) is 5.10 Å². The van der Waals surface area contributed by atoms with E-state index < -0.39 is 0 Å². The molecule has 0 spiro atoms. The first kappa shape index (κ1) is 6.09. The van der Waals surface area contributed by atoms with Gasteiger partial charge in [-0.25, -0.2) is 4.98 Å². The molecule has 2 rings (SSSR count). The van der Waals surface area contributed by atoms with Crippen LogP contribution in [0.5, 0.6) is 5.88 Å². The summed E-state index contributed by atoms with van der Waals surface area (Å²) in [5.74, 6) is -0.0129. The highest BCUT2D eigenvalue weighted by Crippen LogP contribution is 2.15. The van der Waals surface area contributed by atoms with Crippen LogP contribution in [-0.2, 0) is 0 Å². The number of aromatic amines is 1. The lowest BCUT2D eigenvalue weighted by Crippen LogP contribution is -1.82. The lowest BCUT2D eigenvalue weighted by molar-refractivity contribution is 0.453. The summed E-state index contributed by atoms with van der Waals surface area (Å²) in [6, 6.07) is 1.49. The summed E-state index contributed by atoms with van der Waals surface area (Å²) in [6.07, 6.45) is 0. The average molecular weight is 150 g/mol. The number of H-pyrrole nitrogens is 1. The Morgan fingerprint density at radius 3 is 3.18 bits per heavy atom. The Balaban J connectivity index is 2.91. The lowest BCUT2D eigenvalue weighted by atomic mass is 10.3. The van der Waals surface area contributed by atoms with Crippen molar-refractivity contribution in [1.82, 2.24) is 20.4 Å². The van der Waals surface area contributed by atoms with Gasteiger partial charge in [0.2, 0.25) is 5.88 Å². The monoisotopic (exact) mass is 150 g/mol. The molecule has 5 nitrogen and oxygen atoms in total. The van der Waals surface area contributed by atoms with E-state index in [0.717, 1.165) is 0 Å². The van der Waals surface area contributed by atoms with Crippen molar-refractivity contribution in [3.05, 3.63) is 11.8 Å². The Morgan fingerprint density at radius 2 is 2.36 bits per heavy atom. The molecule has 0 aromatic carbocycles. The van der Waals surface area contributed by atoms with Gasteiger partial charge in [-0.1, -0.05) is 5.21 Å². The van der Waals surface area contributed by atoms with E-state index in [1.165, 1.54) is 6.07 Å². The standard InChI is InChI=1S/C6H6N4O/c1-3-6-4(8-10-9-6)2-5(11)7-3/h2H,1H3,(H,7,11)(H,8,9,10). The van der Waals surface area contributed by atoms with Crippen LogP contribution in [0.25, 0.3) is 11.0 Å². The molecular weight excluding hydrogens is 144 g/mol. The van der Waals surface area contributed by atoms with E-state index in [1.807, 2.05) is 0 Å². The van der Waals surface area contributed by atoms with E-state index in [1.54, 1.807) is 6.92 Å². The number of fused-ring (bicyclic) bond motifs is 1. The number of hydrogen-bond donors (Lipinski definition) is 2. The van der Waals surface area contributed by atoms with E-state index in [4.69, 9.17) is 5.11 Å². The first-order valence-corrected chi connectivity index (χ1v) is 3.15. The van der Waals surface area contributed by atoms with Crippen LogP contribution in [0, 0.1) is 6.92 Å². The van der Waals surface area contributed by atoms with Crippen LogP contribution < -0.4 is 0 Å².